The Labute approximate surface area is 150 Å². The molecule has 118 valence electrons. The van der Waals surface area contributed by atoms with Crippen LogP contribution in [0.25, 0.3) is 10.7 Å². The van der Waals surface area contributed by atoms with Crippen LogP contribution in [0, 0.1) is 0 Å². The molecule has 2 heterocycles. The fourth-order valence-corrected chi connectivity index (χ4v) is 3.63. The highest BCUT2D eigenvalue weighted by molar-refractivity contribution is 9.10. The van der Waals surface area contributed by atoms with Crippen LogP contribution in [0.1, 0.15) is 6.92 Å². The van der Waals surface area contributed by atoms with Gasteiger partial charge in [-0.15, -0.1) is 16.4 Å². The molecule has 5 nitrogen and oxygen atoms in total. The van der Waals surface area contributed by atoms with Crippen LogP contribution in [0.3, 0.4) is 0 Å². The minimum Gasteiger partial charge on any atom is -0.325 e. The van der Waals surface area contributed by atoms with Crippen LogP contribution in [0.5, 0.6) is 0 Å². The third kappa shape index (κ3) is 4.21. The third-order valence-corrected chi connectivity index (χ3v) is 5.29. The standard InChI is InChI=1S/C15H13BrN4OS2/c1-9(14(21)17-11-5-2-4-10(16)8-11)23-15-18-13(19-20-15)12-6-3-7-22-12/h2-9H,1H3,(H,17,21)(H,18,19,20)/t9-/m1/s1. The maximum Gasteiger partial charge on any atom is 0.237 e. The molecule has 0 bridgehead atoms. The molecule has 3 rings (SSSR count). The smallest absolute Gasteiger partial charge is 0.237 e. The van der Waals surface area contributed by atoms with Gasteiger partial charge in [0.05, 0.1) is 10.1 Å². The number of carbonyl (C=O) groups excluding carboxylic acids is 1. The zero-order valence-corrected chi connectivity index (χ0v) is 15.3. The molecule has 0 saturated heterocycles. The van der Waals surface area contributed by atoms with Gasteiger partial charge in [0.2, 0.25) is 11.1 Å². The molecule has 8 heteroatoms. The van der Waals surface area contributed by atoms with Crippen LogP contribution in [0.2, 0.25) is 0 Å². The number of rotatable bonds is 5. The van der Waals surface area contributed by atoms with Gasteiger partial charge in [-0.2, -0.15) is 0 Å². The topological polar surface area (TPSA) is 70.7 Å². The summed E-state index contributed by atoms with van der Waals surface area (Å²) in [6, 6.07) is 11.4. The second kappa shape index (κ2) is 7.29. The van der Waals surface area contributed by atoms with Crippen molar-refractivity contribution in [1.82, 2.24) is 15.2 Å². The summed E-state index contributed by atoms with van der Waals surface area (Å²) >= 11 is 6.30. The number of hydrogen-bond acceptors (Lipinski definition) is 5. The first kappa shape index (κ1) is 16.2. The molecule has 23 heavy (non-hydrogen) atoms. The average Bonchev–Trinajstić information content (AvgIpc) is 3.17. The van der Waals surface area contributed by atoms with Crippen molar-refractivity contribution in [2.45, 2.75) is 17.3 Å². The summed E-state index contributed by atoms with van der Waals surface area (Å²) in [7, 11) is 0. The van der Waals surface area contributed by atoms with Crippen molar-refractivity contribution in [3.8, 4) is 10.7 Å². The molecule has 1 atom stereocenters. The van der Waals surface area contributed by atoms with E-state index in [0.29, 0.717) is 5.16 Å². The highest BCUT2D eigenvalue weighted by atomic mass is 79.9. The van der Waals surface area contributed by atoms with Gasteiger partial charge in [-0.25, -0.2) is 4.98 Å². The van der Waals surface area contributed by atoms with Gasteiger partial charge in [0.25, 0.3) is 0 Å². The lowest BCUT2D eigenvalue weighted by Gasteiger charge is -2.10. The number of aromatic nitrogens is 3. The van der Waals surface area contributed by atoms with Crippen molar-refractivity contribution in [1.29, 1.82) is 0 Å². The fourth-order valence-electron chi connectivity index (χ4n) is 1.84. The Kier molecular flexibility index (Phi) is 5.14. The number of nitrogens with one attached hydrogen (secondary N) is 2. The monoisotopic (exact) mass is 408 g/mol. The normalized spacial score (nSPS) is 12.1. The van der Waals surface area contributed by atoms with E-state index in [0.717, 1.165) is 20.9 Å². The maximum atomic E-state index is 12.3. The van der Waals surface area contributed by atoms with Crippen LogP contribution in [-0.4, -0.2) is 26.3 Å². The molecular formula is C15H13BrN4OS2. The lowest BCUT2D eigenvalue weighted by Crippen LogP contribution is -2.22. The first-order valence-corrected chi connectivity index (χ1v) is 9.36. The van der Waals surface area contributed by atoms with Crippen molar-refractivity contribution in [2.24, 2.45) is 0 Å². The summed E-state index contributed by atoms with van der Waals surface area (Å²) in [6.45, 7) is 1.83. The van der Waals surface area contributed by atoms with Gasteiger partial charge in [-0.3, -0.25) is 9.89 Å². The molecule has 3 aromatic rings. The number of anilines is 1. The molecule has 0 radical (unpaired) electrons. The number of carbonyl (C=O) groups is 1. The van der Waals surface area contributed by atoms with Crippen molar-refractivity contribution in [3.63, 3.8) is 0 Å². The average molecular weight is 409 g/mol. The fraction of sp³-hybridized carbons (Fsp3) is 0.133. The van der Waals surface area contributed by atoms with Gasteiger partial charge < -0.3 is 5.32 Å². The molecule has 1 aromatic carbocycles. The number of halogens is 1. The number of aromatic amines is 1. The lowest BCUT2D eigenvalue weighted by molar-refractivity contribution is -0.115. The molecule has 0 unspecified atom stereocenters. The summed E-state index contributed by atoms with van der Waals surface area (Å²) < 4.78 is 0.921. The van der Waals surface area contributed by atoms with Crippen LogP contribution in [0.4, 0.5) is 5.69 Å². The number of thiophene rings is 1. The molecular weight excluding hydrogens is 396 g/mol. The van der Waals surface area contributed by atoms with Gasteiger partial charge in [-0.05, 0) is 36.6 Å². The molecule has 0 saturated carbocycles. The number of amides is 1. The van der Waals surface area contributed by atoms with E-state index in [2.05, 4.69) is 36.4 Å². The van der Waals surface area contributed by atoms with Crippen molar-refractivity contribution < 1.29 is 4.79 Å². The number of hydrogen-bond donors (Lipinski definition) is 2. The summed E-state index contributed by atoms with van der Waals surface area (Å²) in [5.41, 5.74) is 0.756. The maximum absolute atomic E-state index is 12.3. The van der Waals surface area contributed by atoms with Crippen LogP contribution in [0.15, 0.2) is 51.4 Å². The molecule has 0 aliphatic rings. The Bertz CT molecular complexity index is 803. The molecule has 0 aliphatic carbocycles. The van der Waals surface area contributed by atoms with E-state index < -0.39 is 0 Å². The SMILES string of the molecule is C[C@@H](Sc1n[nH]c(-c2cccs2)n1)C(=O)Nc1cccc(Br)c1. The first-order chi connectivity index (χ1) is 11.1. The quantitative estimate of drug-likeness (QED) is 0.613. The van der Waals surface area contributed by atoms with Gasteiger partial charge in [0.15, 0.2) is 5.82 Å². The van der Waals surface area contributed by atoms with Crippen molar-refractivity contribution >= 4 is 50.6 Å². The second-order valence-corrected chi connectivity index (χ2v) is 7.87. The van der Waals surface area contributed by atoms with E-state index in [1.54, 1.807) is 11.3 Å². The Morgan fingerprint density at radius 2 is 2.26 bits per heavy atom. The zero-order chi connectivity index (χ0) is 16.2. The number of benzene rings is 1. The Hall–Kier alpha value is -1.64. The molecule has 0 spiro atoms. The molecule has 2 N–H and O–H groups in total. The zero-order valence-electron chi connectivity index (χ0n) is 12.1. The summed E-state index contributed by atoms with van der Waals surface area (Å²) in [5, 5.41) is 12.2. The summed E-state index contributed by atoms with van der Waals surface area (Å²) in [4.78, 5) is 17.7. The number of thioether (sulfide) groups is 1. The van der Waals surface area contributed by atoms with Crippen LogP contribution < -0.4 is 5.32 Å². The minimum absolute atomic E-state index is 0.0874. The van der Waals surface area contributed by atoms with E-state index in [-0.39, 0.29) is 11.2 Å². The predicted octanol–water partition coefficient (Wildman–Crippen LogP) is 4.42. The van der Waals surface area contributed by atoms with Crippen molar-refractivity contribution in [3.05, 3.63) is 46.3 Å². The summed E-state index contributed by atoms with van der Waals surface area (Å²) in [6.07, 6.45) is 0. The molecule has 0 fully saturated rings. The lowest BCUT2D eigenvalue weighted by atomic mass is 10.3. The molecule has 1 amide bonds. The summed E-state index contributed by atoms with van der Waals surface area (Å²) in [5.74, 6) is 0.637. The highest BCUT2D eigenvalue weighted by Crippen LogP contribution is 2.26. The number of nitrogens with zero attached hydrogens (tertiary/aromatic N) is 2. The van der Waals surface area contributed by atoms with Gasteiger partial charge in [0.1, 0.15) is 0 Å². The Morgan fingerprint density at radius 1 is 1.39 bits per heavy atom. The van der Waals surface area contributed by atoms with E-state index in [1.165, 1.54) is 11.8 Å². The van der Waals surface area contributed by atoms with Gasteiger partial charge >= 0.3 is 0 Å². The largest absolute Gasteiger partial charge is 0.325 e. The Balaban J connectivity index is 1.62. The molecule has 0 aliphatic heterocycles. The minimum atomic E-state index is -0.305. The van der Waals surface area contributed by atoms with Crippen molar-refractivity contribution in [2.75, 3.05) is 5.32 Å². The Morgan fingerprint density at radius 3 is 3.00 bits per heavy atom. The number of H-pyrrole nitrogens is 1. The highest BCUT2D eigenvalue weighted by Gasteiger charge is 2.18. The predicted molar refractivity (Wildman–Crippen MR) is 97.8 cm³/mol. The first-order valence-electron chi connectivity index (χ1n) is 6.81. The second-order valence-electron chi connectivity index (χ2n) is 4.70. The van der Waals surface area contributed by atoms with E-state index >= 15 is 0 Å². The van der Waals surface area contributed by atoms with Crippen LogP contribution in [-0.2, 0) is 4.79 Å². The van der Waals surface area contributed by atoms with E-state index in [9.17, 15) is 4.79 Å². The van der Waals surface area contributed by atoms with E-state index in [4.69, 9.17) is 0 Å². The van der Waals surface area contributed by atoms with E-state index in [1.807, 2.05) is 48.7 Å². The molecule has 2 aromatic heterocycles. The van der Waals surface area contributed by atoms with Crippen LogP contribution >= 0.6 is 39.0 Å². The third-order valence-electron chi connectivity index (χ3n) is 2.96. The van der Waals surface area contributed by atoms with Gasteiger partial charge in [0, 0.05) is 10.2 Å². The van der Waals surface area contributed by atoms with Gasteiger partial charge in [-0.1, -0.05) is 39.8 Å².